The summed E-state index contributed by atoms with van der Waals surface area (Å²) in [4.78, 5) is 14.3. The number of hydrogen-bond acceptors (Lipinski definition) is 1. The van der Waals surface area contributed by atoms with Crippen LogP contribution < -0.4 is 4.90 Å². The van der Waals surface area contributed by atoms with Crippen molar-refractivity contribution in [2.45, 2.75) is 30.0 Å². The largest absolute Gasteiger partial charge is 0.312 e. The summed E-state index contributed by atoms with van der Waals surface area (Å²) in [7, 11) is 0. The molecule has 18 heavy (non-hydrogen) atoms. The fourth-order valence-electron chi connectivity index (χ4n) is 2.59. The molecule has 1 unspecified atom stereocenters. The Balaban J connectivity index is 1.90. The van der Waals surface area contributed by atoms with Crippen LogP contribution in [0.5, 0.6) is 0 Å². The highest BCUT2D eigenvalue weighted by molar-refractivity contribution is 6.52. The van der Waals surface area contributed by atoms with Crippen LogP contribution in [0.25, 0.3) is 0 Å². The molecule has 0 N–H and O–H groups in total. The van der Waals surface area contributed by atoms with Gasteiger partial charge in [-0.25, -0.2) is 0 Å². The highest BCUT2D eigenvalue weighted by atomic mass is 35.5. The van der Waals surface area contributed by atoms with Crippen LogP contribution in [0.1, 0.15) is 24.8 Å². The fourth-order valence-corrected chi connectivity index (χ4v) is 3.08. The van der Waals surface area contributed by atoms with Gasteiger partial charge in [0.05, 0.1) is 5.92 Å². The van der Waals surface area contributed by atoms with E-state index in [2.05, 4.69) is 6.07 Å². The SMILES string of the molecule is O=C(C1CC1(Cl)Cl)N1CCCCc2ccccc21. The van der Waals surface area contributed by atoms with Crippen molar-refractivity contribution in [3.63, 3.8) is 0 Å². The first kappa shape index (κ1) is 12.3. The smallest absolute Gasteiger partial charge is 0.233 e. The minimum Gasteiger partial charge on any atom is -0.312 e. The Morgan fingerprint density at radius 3 is 2.72 bits per heavy atom. The summed E-state index contributed by atoms with van der Waals surface area (Å²) in [6, 6.07) is 8.12. The zero-order valence-corrected chi connectivity index (χ0v) is 11.5. The second kappa shape index (κ2) is 4.43. The minimum atomic E-state index is -0.835. The van der Waals surface area contributed by atoms with Gasteiger partial charge >= 0.3 is 0 Å². The van der Waals surface area contributed by atoms with Crippen molar-refractivity contribution in [2.24, 2.45) is 5.92 Å². The zero-order chi connectivity index (χ0) is 12.8. The third-order valence-electron chi connectivity index (χ3n) is 3.75. The second-order valence-corrected chi connectivity index (χ2v) is 6.64. The van der Waals surface area contributed by atoms with Crippen molar-refractivity contribution in [1.29, 1.82) is 0 Å². The van der Waals surface area contributed by atoms with Gasteiger partial charge in [-0.2, -0.15) is 0 Å². The first-order valence-electron chi connectivity index (χ1n) is 6.37. The lowest BCUT2D eigenvalue weighted by molar-refractivity contribution is -0.119. The molecular formula is C14H15Cl2NO. The standard InChI is InChI=1S/C14H15Cl2NO/c15-14(16)9-11(14)13(18)17-8-4-3-6-10-5-1-2-7-12(10)17/h1-2,5,7,11H,3-4,6,8-9H2. The van der Waals surface area contributed by atoms with Gasteiger partial charge in [0.1, 0.15) is 4.33 Å². The minimum absolute atomic E-state index is 0.0781. The Labute approximate surface area is 117 Å². The Kier molecular flexibility index (Phi) is 3.03. The van der Waals surface area contributed by atoms with Gasteiger partial charge < -0.3 is 4.90 Å². The molecule has 0 aromatic heterocycles. The van der Waals surface area contributed by atoms with Crippen LogP contribution in [0, 0.1) is 5.92 Å². The van der Waals surface area contributed by atoms with E-state index in [4.69, 9.17) is 23.2 Å². The molecule has 1 saturated carbocycles. The van der Waals surface area contributed by atoms with Crippen molar-refractivity contribution in [3.8, 4) is 0 Å². The highest BCUT2D eigenvalue weighted by Gasteiger charge is 2.57. The summed E-state index contributed by atoms with van der Waals surface area (Å²) in [6.07, 6.45) is 3.77. The highest BCUT2D eigenvalue weighted by Crippen LogP contribution is 2.54. The van der Waals surface area contributed by atoms with Crippen LogP contribution in [0.3, 0.4) is 0 Å². The molecule has 1 aromatic carbocycles. The number of anilines is 1. The van der Waals surface area contributed by atoms with Crippen LogP contribution >= 0.6 is 23.2 Å². The number of rotatable bonds is 1. The maximum absolute atomic E-state index is 12.4. The van der Waals surface area contributed by atoms with E-state index in [9.17, 15) is 4.79 Å². The number of carbonyl (C=O) groups is 1. The van der Waals surface area contributed by atoms with E-state index >= 15 is 0 Å². The van der Waals surface area contributed by atoms with E-state index in [-0.39, 0.29) is 11.8 Å². The summed E-state index contributed by atoms with van der Waals surface area (Å²) in [5.41, 5.74) is 2.29. The molecule has 0 bridgehead atoms. The molecule has 1 amide bonds. The molecule has 1 fully saturated rings. The molecule has 96 valence electrons. The number of nitrogens with zero attached hydrogens (tertiary/aromatic N) is 1. The van der Waals surface area contributed by atoms with Crippen LogP contribution in [0.4, 0.5) is 5.69 Å². The molecule has 4 heteroatoms. The molecule has 1 aliphatic carbocycles. The Hall–Kier alpha value is -0.730. The van der Waals surface area contributed by atoms with Gasteiger partial charge in [0, 0.05) is 12.2 Å². The van der Waals surface area contributed by atoms with Gasteiger partial charge in [-0.1, -0.05) is 18.2 Å². The summed E-state index contributed by atoms with van der Waals surface area (Å²) < 4.78 is -0.835. The lowest BCUT2D eigenvalue weighted by Gasteiger charge is -2.23. The van der Waals surface area contributed by atoms with Crippen molar-refractivity contribution < 1.29 is 4.79 Å². The average molecular weight is 284 g/mol. The molecule has 0 saturated heterocycles. The van der Waals surface area contributed by atoms with Gasteiger partial charge in [-0.05, 0) is 37.3 Å². The Morgan fingerprint density at radius 2 is 2.00 bits per heavy atom. The monoisotopic (exact) mass is 283 g/mol. The quantitative estimate of drug-likeness (QED) is 0.722. The Bertz CT molecular complexity index is 486. The normalized spacial score (nSPS) is 25.2. The van der Waals surface area contributed by atoms with E-state index in [1.54, 1.807) is 0 Å². The summed E-state index contributed by atoms with van der Waals surface area (Å²) in [5.74, 6) is -0.152. The molecular weight excluding hydrogens is 269 g/mol. The van der Waals surface area contributed by atoms with Crippen LogP contribution in [0.2, 0.25) is 0 Å². The van der Waals surface area contributed by atoms with E-state index in [0.717, 1.165) is 31.5 Å². The van der Waals surface area contributed by atoms with Gasteiger partial charge in [0.15, 0.2) is 0 Å². The zero-order valence-electron chi connectivity index (χ0n) is 10.0. The third kappa shape index (κ3) is 2.12. The van der Waals surface area contributed by atoms with E-state index in [1.807, 2.05) is 23.1 Å². The summed E-state index contributed by atoms with van der Waals surface area (Å²) in [5, 5.41) is 0. The molecule has 1 aliphatic heterocycles. The molecule has 2 aliphatic rings. The first-order valence-corrected chi connectivity index (χ1v) is 7.12. The number of benzene rings is 1. The van der Waals surface area contributed by atoms with Crippen LogP contribution in [0.15, 0.2) is 24.3 Å². The van der Waals surface area contributed by atoms with Gasteiger partial charge in [-0.15, -0.1) is 23.2 Å². The Morgan fingerprint density at radius 1 is 1.28 bits per heavy atom. The molecule has 1 aromatic rings. The lowest BCUT2D eigenvalue weighted by Crippen LogP contribution is -2.34. The number of hydrogen-bond donors (Lipinski definition) is 0. The molecule has 0 spiro atoms. The predicted molar refractivity (Wildman–Crippen MR) is 74.3 cm³/mol. The fraction of sp³-hybridized carbons (Fsp3) is 0.500. The van der Waals surface area contributed by atoms with Gasteiger partial charge in [-0.3, -0.25) is 4.79 Å². The number of alkyl halides is 2. The van der Waals surface area contributed by atoms with E-state index in [1.165, 1.54) is 5.56 Å². The summed E-state index contributed by atoms with van der Waals surface area (Å²) >= 11 is 12.0. The van der Waals surface area contributed by atoms with Crippen molar-refractivity contribution in [1.82, 2.24) is 0 Å². The topological polar surface area (TPSA) is 20.3 Å². The molecule has 1 heterocycles. The molecule has 2 nitrogen and oxygen atoms in total. The van der Waals surface area contributed by atoms with Gasteiger partial charge in [0.2, 0.25) is 5.91 Å². The maximum Gasteiger partial charge on any atom is 0.233 e. The number of amides is 1. The van der Waals surface area contributed by atoms with Crippen molar-refractivity contribution in [3.05, 3.63) is 29.8 Å². The van der Waals surface area contributed by atoms with Crippen LogP contribution in [-0.4, -0.2) is 16.8 Å². The molecule has 3 rings (SSSR count). The number of fused-ring (bicyclic) bond motifs is 1. The number of para-hydroxylation sites is 1. The van der Waals surface area contributed by atoms with E-state index < -0.39 is 4.33 Å². The second-order valence-electron chi connectivity index (χ2n) is 5.09. The van der Waals surface area contributed by atoms with Crippen molar-refractivity contribution >= 4 is 34.8 Å². The summed E-state index contributed by atoms with van der Waals surface area (Å²) in [6.45, 7) is 0.774. The molecule has 1 atom stereocenters. The average Bonchev–Trinajstić information content (AvgIpc) is 3.04. The van der Waals surface area contributed by atoms with Crippen molar-refractivity contribution in [2.75, 3.05) is 11.4 Å². The number of aryl methyl sites for hydroxylation is 1. The predicted octanol–water partition coefficient (Wildman–Crippen LogP) is 3.55. The van der Waals surface area contributed by atoms with E-state index in [0.29, 0.717) is 6.42 Å². The molecule has 0 radical (unpaired) electrons. The maximum atomic E-state index is 12.4. The third-order valence-corrected chi connectivity index (χ3v) is 4.59. The number of carbonyl (C=O) groups excluding carboxylic acids is 1. The number of halogens is 2. The van der Waals surface area contributed by atoms with Gasteiger partial charge in [0.25, 0.3) is 0 Å². The van der Waals surface area contributed by atoms with Crippen LogP contribution in [-0.2, 0) is 11.2 Å². The first-order chi connectivity index (χ1) is 8.59. The lowest BCUT2D eigenvalue weighted by atomic mass is 10.1.